The van der Waals surface area contributed by atoms with Crippen molar-refractivity contribution in [1.29, 1.82) is 0 Å². The van der Waals surface area contributed by atoms with Crippen LogP contribution in [0, 0.1) is 188 Å². The summed E-state index contributed by atoms with van der Waals surface area (Å²) < 4.78 is 25.2. The topological polar surface area (TPSA) is 0 Å². The Bertz CT molecular complexity index is 3770. The molecule has 12 rings (SSSR count). The van der Waals surface area contributed by atoms with Crippen LogP contribution in [0.5, 0.6) is 0 Å². The highest BCUT2D eigenvalue weighted by Crippen LogP contribution is 2.27. The molecule has 11 aromatic carbocycles. The van der Waals surface area contributed by atoms with E-state index in [4.69, 9.17) is 0 Å². The molecule has 1 aliphatic rings. The number of hydrogen-bond donors (Lipinski definition) is 0. The lowest BCUT2D eigenvalue weighted by Gasteiger charge is -2.22. The second kappa shape index (κ2) is 69.5. The van der Waals surface area contributed by atoms with Gasteiger partial charge in [-0.1, -0.05) is 456 Å². The van der Waals surface area contributed by atoms with Crippen LogP contribution in [0.25, 0.3) is 21.9 Å². The molecule has 0 aliphatic heterocycles. The second-order valence-corrected chi connectivity index (χ2v) is 32.7. The van der Waals surface area contributed by atoms with Gasteiger partial charge in [0.15, 0.2) is 0 Å². The monoisotopic (exact) mass is 1600 g/mol. The summed E-state index contributed by atoms with van der Waals surface area (Å²) in [4.78, 5) is 0. The molecule has 0 bridgehead atoms. The van der Waals surface area contributed by atoms with Gasteiger partial charge in [-0.3, -0.25) is 0 Å². The molecule has 0 aromatic heterocycles. The molecule has 0 radical (unpaired) electrons. The summed E-state index contributed by atoms with van der Waals surface area (Å²) in [5, 5.41) is 2.67. The van der Waals surface area contributed by atoms with Crippen LogP contribution < -0.4 is 0 Å². The summed E-state index contributed by atoms with van der Waals surface area (Å²) in [6, 6.07) is 75.4. The normalized spacial score (nSPS) is 11.3. The number of halogens is 2. The van der Waals surface area contributed by atoms with Crippen LogP contribution in [-0.2, 0) is 0 Å². The van der Waals surface area contributed by atoms with Gasteiger partial charge in [0.1, 0.15) is 11.6 Å². The lowest BCUT2D eigenvalue weighted by molar-refractivity contribution is 0.308. The van der Waals surface area contributed by atoms with Gasteiger partial charge in [0.2, 0.25) is 0 Å². The van der Waals surface area contributed by atoms with E-state index in [9.17, 15) is 8.78 Å². The van der Waals surface area contributed by atoms with Crippen molar-refractivity contribution in [1.82, 2.24) is 0 Å². The lowest BCUT2D eigenvalue weighted by atomic mass is 9.84. The van der Waals surface area contributed by atoms with E-state index in [1.165, 1.54) is 192 Å². The molecule has 1 saturated carbocycles. The Hall–Kier alpha value is -8.46. The van der Waals surface area contributed by atoms with E-state index < -0.39 is 0 Å². The van der Waals surface area contributed by atoms with Gasteiger partial charge in [-0.2, -0.15) is 0 Å². The Labute approximate surface area is 726 Å². The minimum atomic E-state index is -0.116. The van der Waals surface area contributed by atoms with Crippen molar-refractivity contribution in [3.63, 3.8) is 0 Å². The highest BCUT2D eigenvalue weighted by molar-refractivity contribution is 5.83. The lowest BCUT2D eigenvalue weighted by Crippen LogP contribution is -2.08. The van der Waals surface area contributed by atoms with Gasteiger partial charge in [-0.15, -0.1) is 0 Å². The maximum atomic E-state index is 12.6. The maximum absolute atomic E-state index is 12.6. The molecule has 0 atom stereocenters. The van der Waals surface area contributed by atoms with Crippen LogP contribution in [0.3, 0.4) is 0 Å². The predicted molar refractivity (Wildman–Crippen MR) is 538 cm³/mol. The van der Waals surface area contributed by atoms with Crippen LogP contribution in [0.1, 0.15) is 294 Å². The van der Waals surface area contributed by atoms with Gasteiger partial charge in [-0.05, 0) is 255 Å². The van der Waals surface area contributed by atoms with Gasteiger partial charge < -0.3 is 0 Å². The minimum absolute atomic E-state index is 0. The van der Waals surface area contributed by atoms with Crippen LogP contribution >= 0.6 is 0 Å². The zero-order valence-electron chi connectivity index (χ0n) is 76.2. The smallest absolute Gasteiger partial charge is 0.126 e. The highest BCUT2D eigenvalue weighted by atomic mass is 19.1. The van der Waals surface area contributed by atoms with Crippen molar-refractivity contribution in [2.75, 3.05) is 0 Å². The molecule has 0 saturated heterocycles. The Morgan fingerprint density at radius 3 is 0.598 bits per heavy atom. The first kappa shape index (κ1) is 122. The van der Waals surface area contributed by atoms with Gasteiger partial charge in [0.25, 0.3) is 0 Å². The number of benzene rings is 11. The fourth-order valence-electron chi connectivity index (χ4n) is 11.8. The van der Waals surface area contributed by atoms with Crippen LogP contribution in [-0.4, -0.2) is 0 Å². The Morgan fingerprint density at radius 1 is 0.231 bits per heavy atom. The number of aryl methyl sites for hydroxylation is 22. The third-order valence-electron chi connectivity index (χ3n) is 18.6. The average molecular weight is 1600 g/mol. The molecular weight excluding hydrogens is 1420 g/mol. The second-order valence-electron chi connectivity index (χ2n) is 32.7. The summed E-state index contributed by atoms with van der Waals surface area (Å²) >= 11 is 0. The Balaban J connectivity index is -0.000000225. The molecule has 0 amide bonds. The first-order chi connectivity index (χ1) is 52.2. The van der Waals surface area contributed by atoms with E-state index in [1.54, 1.807) is 26.0 Å². The zero-order valence-corrected chi connectivity index (χ0v) is 76.2. The van der Waals surface area contributed by atoms with Crippen molar-refractivity contribution in [2.45, 2.75) is 324 Å². The molecule has 2 heteroatoms. The van der Waals surface area contributed by atoms with Crippen molar-refractivity contribution < 1.29 is 8.78 Å². The number of hydrogen-bond acceptors (Lipinski definition) is 0. The fraction of sp³-hybridized carbons (Fsp3) is 0.443. The van der Waals surface area contributed by atoms with Gasteiger partial charge in [0, 0.05) is 0 Å². The average Bonchev–Trinajstić information content (AvgIpc) is 0.756. The van der Waals surface area contributed by atoms with Crippen LogP contribution in [0.2, 0.25) is 0 Å². The molecule has 0 spiro atoms. The summed E-state index contributed by atoms with van der Waals surface area (Å²) in [6.45, 7) is 67.9. The Morgan fingerprint density at radius 2 is 0.419 bits per heavy atom. The van der Waals surface area contributed by atoms with E-state index in [1.807, 2.05) is 26.0 Å². The number of rotatable bonds is 5. The van der Waals surface area contributed by atoms with E-state index in [-0.39, 0.29) is 56.2 Å². The summed E-state index contributed by atoms with van der Waals surface area (Å²) in [5.41, 5.74) is 30.2. The van der Waals surface area contributed by atoms with Gasteiger partial charge >= 0.3 is 0 Å². The van der Waals surface area contributed by atoms with Crippen molar-refractivity contribution in [3.8, 4) is 11.1 Å². The van der Waals surface area contributed by atoms with Gasteiger partial charge in [0.05, 0.1) is 0 Å². The summed E-state index contributed by atoms with van der Waals surface area (Å²) in [6.07, 6.45) is 12.6. The van der Waals surface area contributed by atoms with Crippen molar-refractivity contribution in [3.05, 3.63) is 352 Å². The zero-order chi connectivity index (χ0) is 84.3. The van der Waals surface area contributed by atoms with E-state index in [2.05, 4.69) is 376 Å². The fourth-order valence-corrected chi connectivity index (χ4v) is 11.8. The quantitative estimate of drug-likeness (QED) is 0.161. The largest absolute Gasteiger partial charge is 0.207 e. The van der Waals surface area contributed by atoms with Crippen LogP contribution in [0.4, 0.5) is 8.78 Å². The van der Waals surface area contributed by atoms with Gasteiger partial charge in [-0.25, -0.2) is 8.78 Å². The third kappa shape index (κ3) is 61.5. The highest BCUT2D eigenvalue weighted by Gasteiger charge is 2.13. The summed E-state index contributed by atoms with van der Waals surface area (Å²) in [7, 11) is 0. The standard InChI is InChI=1S/C14H14.C12H12.4C9H12.2C8H9F.C8H16.C8H10.2C6H14.C3H8.6CH4/c1-11-3-7-13(8-4-11)14-9-5-12(2)6-10-14;1-9-3-5-12-8-10(2)4-6-11(12)7-9;2*1-7-4-8(2)6-9(3)5-7;2*1-7-4-5-8(2)9(3)6-7;2*1-6-3-4-7(2)8(9)5-6;2*1-7-3-5-8(2)6-4-7;2*1-4-5-6(2)3;1-3-2;;;;;;/h3-10H,1-2H3;3-8H,1-2H3;4*4-6H,1-3H3;2*3-5H,1-2H3;7-8H,3-6H2,1-2H3;3-6H,1-2H3;2*6H,4-5H2,1-3H3;3H2,1-2H3;6*1H4. The first-order valence-corrected chi connectivity index (χ1v) is 41.5. The molecular formula is C115H178F2. The predicted octanol–water partition coefficient (Wildman–Crippen LogP) is 38.0. The Kier molecular flexibility index (Phi) is 72.3. The molecule has 0 heterocycles. The molecule has 0 nitrogen and oxygen atoms in total. The molecule has 117 heavy (non-hydrogen) atoms. The molecule has 0 N–H and O–H groups in total. The SMILES string of the molecule is C.C.C.C.C.C.CC1CCC(C)CC1.CCC.CCCC(C)C.CCCC(C)C.Cc1cc(C)cc(C)c1.Cc1cc(C)cc(C)c1.Cc1ccc(-c2ccc(C)cc2)cc1.Cc1ccc(C)c(C)c1.Cc1ccc(C)c(C)c1.Cc1ccc(C)c(F)c1.Cc1ccc(C)c(F)c1.Cc1ccc(C)cc1.Cc1ccc2cc(C)ccc2c1. The van der Waals surface area contributed by atoms with Crippen molar-refractivity contribution >= 4 is 10.8 Å². The molecule has 652 valence electrons. The van der Waals surface area contributed by atoms with Crippen LogP contribution in [0.15, 0.2) is 218 Å². The number of fused-ring (bicyclic) bond motifs is 1. The molecule has 1 aliphatic carbocycles. The molecule has 11 aromatic rings. The molecule has 0 unspecified atom stereocenters. The molecule has 1 fully saturated rings. The van der Waals surface area contributed by atoms with E-state index in [0.717, 1.165) is 34.8 Å². The van der Waals surface area contributed by atoms with Crippen molar-refractivity contribution in [2.24, 2.45) is 23.7 Å². The first-order valence-electron chi connectivity index (χ1n) is 41.5. The van der Waals surface area contributed by atoms with E-state index in [0.29, 0.717) is 11.1 Å². The maximum Gasteiger partial charge on any atom is 0.126 e. The van der Waals surface area contributed by atoms with E-state index >= 15 is 0 Å². The minimum Gasteiger partial charge on any atom is -0.207 e. The summed E-state index contributed by atoms with van der Waals surface area (Å²) in [5.74, 6) is 3.60. The third-order valence-corrected chi connectivity index (χ3v) is 18.6.